The van der Waals surface area contributed by atoms with Crippen molar-refractivity contribution in [2.24, 2.45) is 0 Å². The lowest BCUT2D eigenvalue weighted by Crippen LogP contribution is -2.14. The Morgan fingerprint density at radius 2 is 1.96 bits per heavy atom. The van der Waals surface area contributed by atoms with E-state index in [4.69, 9.17) is 13.7 Å². The molecule has 0 fully saturated rings. The van der Waals surface area contributed by atoms with Gasteiger partial charge in [0.05, 0.1) is 19.2 Å². The van der Waals surface area contributed by atoms with Crippen LogP contribution < -0.4 is 10.1 Å². The molecule has 26 heavy (non-hydrogen) atoms. The van der Waals surface area contributed by atoms with Gasteiger partial charge in [-0.2, -0.15) is 0 Å². The van der Waals surface area contributed by atoms with Gasteiger partial charge in [0.25, 0.3) is 0 Å². The SMILES string of the molecule is COc1cccc(NC(=O)Cc2cc(-c3cc4ccccc4o3)on2)c1. The highest BCUT2D eigenvalue weighted by molar-refractivity contribution is 5.92. The molecule has 0 aliphatic heterocycles. The molecule has 1 amide bonds. The van der Waals surface area contributed by atoms with E-state index in [1.165, 1.54) is 0 Å². The predicted octanol–water partition coefficient (Wildman–Crippen LogP) is 4.28. The van der Waals surface area contributed by atoms with Gasteiger partial charge in [-0.15, -0.1) is 0 Å². The third kappa shape index (κ3) is 3.30. The van der Waals surface area contributed by atoms with Crippen LogP contribution in [0.15, 0.2) is 69.6 Å². The second-order valence-electron chi connectivity index (χ2n) is 5.79. The Hall–Kier alpha value is -3.54. The lowest BCUT2D eigenvalue weighted by molar-refractivity contribution is -0.115. The first-order chi connectivity index (χ1) is 12.7. The third-order valence-corrected chi connectivity index (χ3v) is 3.92. The zero-order valence-electron chi connectivity index (χ0n) is 14.1. The molecule has 4 rings (SSSR count). The largest absolute Gasteiger partial charge is 0.497 e. The number of benzene rings is 2. The number of nitrogens with one attached hydrogen (secondary N) is 1. The summed E-state index contributed by atoms with van der Waals surface area (Å²) in [6, 6.07) is 18.5. The maximum Gasteiger partial charge on any atom is 0.230 e. The lowest BCUT2D eigenvalue weighted by Gasteiger charge is -2.05. The second-order valence-corrected chi connectivity index (χ2v) is 5.79. The van der Waals surface area contributed by atoms with Crippen molar-refractivity contribution in [3.05, 3.63) is 66.4 Å². The molecule has 2 aromatic heterocycles. The van der Waals surface area contributed by atoms with Gasteiger partial charge in [0.2, 0.25) is 11.7 Å². The van der Waals surface area contributed by atoms with Crippen molar-refractivity contribution in [3.63, 3.8) is 0 Å². The number of ether oxygens (including phenoxy) is 1. The van der Waals surface area contributed by atoms with E-state index in [1.54, 1.807) is 25.3 Å². The van der Waals surface area contributed by atoms with Crippen LogP contribution in [0.2, 0.25) is 0 Å². The molecule has 0 aliphatic rings. The molecule has 0 bridgehead atoms. The Labute approximate surface area is 149 Å². The van der Waals surface area contributed by atoms with Gasteiger partial charge in [-0.05, 0) is 24.3 Å². The number of nitrogens with zero attached hydrogens (tertiary/aromatic N) is 1. The summed E-state index contributed by atoms with van der Waals surface area (Å²) in [4.78, 5) is 12.2. The summed E-state index contributed by atoms with van der Waals surface area (Å²) in [6.07, 6.45) is 0.0982. The van der Waals surface area contributed by atoms with Gasteiger partial charge < -0.3 is 19.0 Å². The zero-order valence-corrected chi connectivity index (χ0v) is 14.1. The molecule has 0 unspecified atom stereocenters. The average Bonchev–Trinajstić information content (AvgIpc) is 3.28. The van der Waals surface area contributed by atoms with E-state index in [0.717, 1.165) is 11.0 Å². The molecule has 6 nitrogen and oxygen atoms in total. The van der Waals surface area contributed by atoms with Crippen LogP contribution in [0, 0.1) is 0 Å². The molecule has 1 N–H and O–H groups in total. The first kappa shape index (κ1) is 16.0. The van der Waals surface area contributed by atoms with Gasteiger partial charge in [0.1, 0.15) is 11.3 Å². The number of para-hydroxylation sites is 1. The minimum Gasteiger partial charge on any atom is -0.497 e. The minimum atomic E-state index is -0.192. The van der Waals surface area contributed by atoms with Gasteiger partial charge in [-0.3, -0.25) is 4.79 Å². The molecule has 4 aromatic rings. The molecule has 2 aromatic carbocycles. The van der Waals surface area contributed by atoms with Gasteiger partial charge in [-0.1, -0.05) is 29.4 Å². The summed E-state index contributed by atoms with van der Waals surface area (Å²) in [7, 11) is 1.58. The van der Waals surface area contributed by atoms with Gasteiger partial charge in [-0.25, -0.2) is 0 Å². The summed E-state index contributed by atoms with van der Waals surface area (Å²) < 4.78 is 16.2. The Bertz CT molecular complexity index is 1030. The Kier molecular flexibility index (Phi) is 4.15. The summed E-state index contributed by atoms with van der Waals surface area (Å²) in [5, 5.41) is 7.75. The summed E-state index contributed by atoms with van der Waals surface area (Å²) >= 11 is 0. The number of fused-ring (bicyclic) bond motifs is 1. The quantitative estimate of drug-likeness (QED) is 0.582. The van der Waals surface area contributed by atoms with Crippen LogP contribution in [0.5, 0.6) is 5.75 Å². The van der Waals surface area contributed by atoms with Gasteiger partial charge >= 0.3 is 0 Å². The smallest absolute Gasteiger partial charge is 0.230 e. The number of rotatable bonds is 5. The molecule has 130 valence electrons. The average molecular weight is 348 g/mol. The summed E-state index contributed by atoms with van der Waals surface area (Å²) in [5.74, 6) is 1.56. The topological polar surface area (TPSA) is 77.5 Å². The molecule has 0 saturated carbocycles. The second kappa shape index (κ2) is 6.76. The molecule has 0 radical (unpaired) electrons. The normalized spacial score (nSPS) is 10.8. The minimum absolute atomic E-state index is 0.0982. The van der Waals surface area contributed by atoms with Crippen molar-refractivity contribution in [3.8, 4) is 17.3 Å². The molecule has 0 saturated heterocycles. The van der Waals surface area contributed by atoms with Gasteiger partial charge in [0.15, 0.2) is 5.76 Å². The van der Waals surface area contributed by atoms with Crippen molar-refractivity contribution in [2.75, 3.05) is 12.4 Å². The number of carbonyl (C=O) groups excluding carboxylic acids is 1. The van der Waals surface area contributed by atoms with E-state index in [9.17, 15) is 4.79 Å². The van der Waals surface area contributed by atoms with Crippen molar-refractivity contribution in [1.82, 2.24) is 5.16 Å². The fraction of sp³-hybridized carbons (Fsp3) is 0.100. The number of hydrogen-bond donors (Lipinski definition) is 1. The number of furan rings is 1. The van der Waals surface area contributed by atoms with Crippen molar-refractivity contribution >= 4 is 22.6 Å². The molecule has 0 spiro atoms. The third-order valence-electron chi connectivity index (χ3n) is 3.92. The van der Waals surface area contributed by atoms with Crippen LogP contribution in [0.4, 0.5) is 5.69 Å². The number of carbonyl (C=O) groups is 1. The molecule has 0 aliphatic carbocycles. The number of methoxy groups -OCH3 is 1. The first-order valence-corrected chi connectivity index (χ1v) is 8.10. The van der Waals surface area contributed by atoms with Crippen molar-refractivity contribution < 1.29 is 18.5 Å². The van der Waals surface area contributed by atoms with Crippen LogP contribution in [-0.4, -0.2) is 18.2 Å². The monoisotopic (exact) mass is 348 g/mol. The highest BCUT2D eigenvalue weighted by Crippen LogP contribution is 2.28. The van der Waals surface area contributed by atoms with Crippen LogP contribution >= 0.6 is 0 Å². The number of hydrogen-bond acceptors (Lipinski definition) is 5. The maximum absolute atomic E-state index is 12.2. The van der Waals surface area contributed by atoms with Crippen LogP contribution in [0.1, 0.15) is 5.69 Å². The Balaban J connectivity index is 1.46. The molecular weight excluding hydrogens is 332 g/mol. The maximum atomic E-state index is 12.2. The van der Waals surface area contributed by atoms with Crippen LogP contribution in [0.25, 0.3) is 22.5 Å². The Morgan fingerprint density at radius 3 is 2.81 bits per heavy atom. The lowest BCUT2D eigenvalue weighted by atomic mass is 10.2. The van der Waals surface area contributed by atoms with E-state index in [0.29, 0.717) is 28.7 Å². The number of amides is 1. The van der Waals surface area contributed by atoms with E-state index in [-0.39, 0.29) is 12.3 Å². The van der Waals surface area contributed by atoms with E-state index in [2.05, 4.69) is 10.5 Å². The highest BCUT2D eigenvalue weighted by atomic mass is 16.5. The fourth-order valence-corrected chi connectivity index (χ4v) is 2.69. The molecule has 6 heteroatoms. The molecule has 0 atom stereocenters. The molecular formula is C20H16N2O4. The number of anilines is 1. The van der Waals surface area contributed by atoms with Crippen molar-refractivity contribution in [1.29, 1.82) is 0 Å². The van der Waals surface area contributed by atoms with E-state index >= 15 is 0 Å². The van der Waals surface area contributed by atoms with Crippen molar-refractivity contribution in [2.45, 2.75) is 6.42 Å². The summed E-state index contributed by atoms with van der Waals surface area (Å²) in [5.41, 5.74) is 1.97. The van der Waals surface area contributed by atoms with E-state index in [1.807, 2.05) is 42.5 Å². The highest BCUT2D eigenvalue weighted by Gasteiger charge is 2.14. The summed E-state index contributed by atoms with van der Waals surface area (Å²) in [6.45, 7) is 0. The predicted molar refractivity (Wildman–Crippen MR) is 97.0 cm³/mol. The Morgan fingerprint density at radius 1 is 1.08 bits per heavy atom. The number of aromatic nitrogens is 1. The first-order valence-electron chi connectivity index (χ1n) is 8.10. The fourth-order valence-electron chi connectivity index (χ4n) is 2.69. The van der Waals surface area contributed by atoms with E-state index < -0.39 is 0 Å². The zero-order chi connectivity index (χ0) is 17.9. The van der Waals surface area contributed by atoms with Crippen LogP contribution in [-0.2, 0) is 11.2 Å². The standard InChI is InChI=1S/C20H16N2O4/c1-24-16-7-4-6-14(10-16)21-20(23)12-15-11-19(26-22-15)18-9-13-5-2-3-8-17(13)25-18/h2-11H,12H2,1H3,(H,21,23). The van der Waals surface area contributed by atoms with Crippen LogP contribution in [0.3, 0.4) is 0 Å². The molecule has 2 heterocycles. The van der Waals surface area contributed by atoms with Gasteiger partial charge in [0, 0.05) is 23.2 Å².